The van der Waals surface area contributed by atoms with Crippen molar-refractivity contribution in [3.63, 3.8) is 0 Å². The Kier molecular flexibility index (Phi) is 10.3. The lowest BCUT2D eigenvalue weighted by atomic mass is 9.98. The number of ether oxygens (including phenoxy) is 1. The molecule has 38 heavy (non-hydrogen) atoms. The molecule has 1 unspecified atom stereocenters. The Balaban J connectivity index is 1.93. The lowest BCUT2D eigenvalue weighted by Gasteiger charge is -2.18. The quantitative estimate of drug-likeness (QED) is 0.236. The Morgan fingerprint density at radius 2 is 1.95 bits per heavy atom. The van der Waals surface area contributed by atoms with Crippen LogP contribution in [0.2, 0.25) is 0 Å². The summed E-state index contributed by atoms with van der Waals surface area (Å²) in [6.07, 6.45) is 0.689. The second kappa shape index (κ2) is 13.4. The zero-order valence-electron chi connectivity index (χ0n) is 21.8. The molecule has 0 aliphatic heterocycles. The number of thiol groups is 1. The number of hydrogen-bond donors (Lipinski definition) is 4. The first-order valence-electron chi connectivity index (χ1n) is 12.5. The number of carbonyl (C=O) groups excluding carboxylic acids is 1. The van der Waals surface area contributed by atoms with Crippen LogP contribution in [0.5, 0.6) is 6.01 Å². The monoisotopic (exact) mass is 543 g/mol. The highest BCUT2D eigenvalue weighted by Gasteiger charge is 2.23. The third-order valence-corrected chi connectivity index (χ3v) is 6.61. The summed E-state index contributed by atoms with van der Waals surface area (Å²) in [5.74, 6) is -1.32. The minimum absolute atomic E-state index is 0.0300. The third-order valence-electron chi connectivity index (χ3n) is 6.17. The molecule has 3 N–H and O–H groups in total. The number of amides is 1. The van der Waals surface area contributed by atoms with Crippen LogP contribution in [-0.4, -0.2) is 44.0 Å². The summed E-state index contributed by atoms with van der Waals surface area (Å²) in [4.78, 5) is 28.8. The molecule has 1 atom stereocenters. The Hall–Kier alpha value is -3.37. The summed E-state index contributed by atoms with van der Waals surface area (Å²) < 4.78 is 22.6. The number of aromatic nitrogens is 2. The van der Waals surface area contributed by atoms with Crippen LogP contribution in [0.15, 0.2) is 42.5 Å². The van der Waals surface area contributed by atoms with E-state index in [0.29, 0.717) is 52.8 Å². The highest BCUT2D eigenvalue weighted by Crippen LogP contribution is 2.28. The molecule has 3 rings (SSSR count). The Bertz CT molecular complexity index is 1280. The van der Waals surface area contributed by atoms with Crippen molar-refractivity contribution in [2.75, 3.05) is 12.4 Å². The second-order valence-corrected chi connectivity index (χ2v) is 9.71. The zero-order chi connectivity index (χ0) is 27.8. The molecule has 0 radical (unpaired) electrons. The molecule has 1 aromatic heterocycles. The number of aliphatic hydroxyl groups is 1. The van der Waals surface area contributed by atoms with Crippen molar-refractivity contribution in [3.8, 4) is 17.1 Å². The number of nitrogens with zero attached hydrogens (tertiary/aromatic N) is 2. The number of rotatable bonds is 13. The van der Waals surface area contributed by atoms with Crippen molar-refractivity contribution in [2.45, 2.75) is 46.9 Å². The third kappa shape index (κ3) is 6.93. The van der Waals surface area contributed by atoms with Crippen LogP contribution < -0.4 is 10.1 Å². The van der Waals surface area contributed by atoms with Gasteiger partial charge in [0.1, 0.15) is 5.82 Å². The molecule has 2 aromatic carbocycles. The number of aliphatic hydroxyl groups excluding tert-OH is 1. The van der Waals surface area contributed by atoms with Crippen LogP contribution in [-0.2, 0) is 24.5 Å². The van der Waals surface area contributed by atoms with Gasteiger partial charge in [0, 0.05) is 17.2 Å². The maximum Gasteiger partial charge on any atom is 0.336 e. The van der Waals surface area contributed by atoms with Crippen molar-refractivity contribution in [1.29, 1.82) is 0 Å². The summed E-state index contributed by atoms with van der Waals surface area (Å²) in [5.41, 5.74) is 2.07. The van der Waals surface area contributed by atoms with E-state index in [0.717, 1.165) is 0 Å². The lowest BCUT2D eigenvalue weighted by molar-refractivity contribution is -0.125. The Morgan fingerprint density at radius 3 is 2.55 bits per heavy atom. The average molecular weight is 544 g/mol. The first-order chi connectivity index (χ1) is 18.2. The summed E-state index contributed by atoms with van der Waals surface area (Å²) in [6.45, 7) is 5.89. The molecule has 0 aliphatic rings. The van der Waals surface area contributed by atoms with E-state index in [9.17, 15) is 19.8 Å². The molecule has 0 saturated heterocycles. The first-order valence-corrected chi connectivity index (χ1v) is 13.1. The van der Waals surface area contributed by atoms with Gasteiger partial charge in [0.05, 0.1) is 43.3 Å². The standard InChI is InChI=1S/C28H34FN3O5S/c1-4-37-28-31-24(15-33)25(13-30-26(34)20(16-38)11-17(2)3)32(28)14-19-10-9-18(12-23(19)29)21-7-5-6-8-22(21)27(35)36/h5-10,12,17,20,33,38H,4,11,13-16H2,1-3H3,(H,30,34)(H,35,36). The summed E-state index contributed by atoms with van der Waals surface area (Å²) >= 11 is 4.32. The zero-order valence-corrected chi connectivity index (χ0v) is 22.7. The van der Waals surface area contributed by atoms with E-state index in [2.05, 4.69) is 22.9 Å². The smallest absolute Gasteiger partial charge is 0.336 e. The summed E-state index contributed by atoms with van der Waals surface area (Å²) in [5, 5.41) is 22.3. The van der Waals surface area contributed by atoms with Gasteiger partial charge in [-0.15, -0.1) is 0 Å². The number of carboxylic acids is 1. The number of carbonyl (C=O) groups is 2. The van der Waals surface area contributed by atoms with Gasteiger partial charge in [-0.05, 0) is 42.5 Å². The van der Waals surface area contributed by atoms with Gasteiger partial charge >= 0.3 is 5.97 Å². The van der Waals surface area contributed by atoms with Crippen molar-refractivity contribution in [3.05, 3.63) is 70.8 Å². The van der Waals surface area contributed by atoms with Gasteiger partial charge in [-0.25, -0.2) is 9.18 Å². The highest BCUT2D eigenvalue weighted by atomic mass is 32.1. The van der Waals surface area contributed by atoms with E-state index < -0.39 is 11.8 Å². The van der Waals surface area contributed by atoms with Gasteiger partial charge in [-0.2, -0.15) is 17.6 Å². The van der Waals surface area contributed by atoms with E-state index in [-0.39, 0.29) is 43.1 Å². The van der Waals surface area contributed by atoms with Gasteiger partial charge in [0.25, 0.3) is 6.01 Å². The van der Waals surface area contributed by atoms with Crippen LogP contribution in [0, 0.1) is 17.7 Å². The van der Waals surface area contributed by atoms with E-state index in [1.807, 2.05) is 13.8 Å². The lowest BCUT2D eigenvalue weighted by Crippen LogP contribution is -2.33. The van der Waals surface area contributed by atoms with Crippen LogP contribution >= 0.6 is 12.6 Å². The number of aromatic carboxylic acids is 1. The number of carboxylic acid groups (broad SMARTS) is 1. The molecule has 0 fully saturated rings. The predicted octanol–water partition coefficient (Wildman–Crippen LogP) is 4.54. The van der Waals surface area contributed by atoms with Crippen molar-refractivity contribution in [2.24, 2.45) is 11.8 Å². The van der Waals surface area contributed by atoms with Gasteiger partial charge in [0.2, 0.25) is 5.91 Å². The number of hydrogen-bond acceptors (Lipinski definition) is 6. The van der Waals surface area contributed by atoms with E-state index >= 15 is 4.39 Å². The topological polar surface area (TPSA) is 114 Å². The molecule has 204 valence electrons. The fourth-order valence-electron chi connectivity index (χ4n) is 4.32. The molecule has 0 bridgehead atoms. The maximum atomic E-state index is 15.3. The Morgan fingerprint density at radius 1 is 1.21 bits per heavy atom. The van der Waals surface area contributed by atoms with Crippen LogP contribution in [0.3, 0.4) is 0 Å². The largest absolute Gasteiger partial charge is 0.478 e. The van der Waals surface area contributed by atoms with Gasteiger partial charge in [-0.1, -0.05) is 44.2 Å². The van der Waals surface area contributed by atoms with Gasteiger partial charge in [0.15, 0.2) is 0 Å². The molecule has 1 amide bonds. The first kappa shape index (κ1) is 29.2. The number of nitrogens with one attached hydrogen (secondary N) is 1. The molecule has 0 saturated carbocycles. The van der Waals surface area contributed by atoms with Crippen LogP contribution in [0.25, 0.3) is 11.1 Å². The average Bonchev–Trinajstić information content (AvgIpc) is 3.22. The fraction of sp³-hybridized carbons (Fsp3) is 0.393. The molecule has 1 heterocycles. The number of halogens is 1. The maximum absolute atomic E-state index is 15.3. The molecule has 10 heteroatoms. The molecular formula is C28H34FN3O5S. The molecule has 3 aromatic rings. The fourth-order valence-corrected chi connectivity index (χ4v) is 4.64. The second-order valence-electron chi connectivity index (χ2n) is 9.35. The van der Waals surface area contributed by atoms with Crippen molar-refractivity contribution < 1.29 is 28.9 Å². The van der Waals surface area contributed by atoms with Gasteiger partial charge in [-0.3, -0.25) is 9.36 Å². The molecule has 0 spiro atoms. The van der Waals surface area contributed by atoms with E-state index in [4.69, 9.17) is 4.74 Å². The number of benzene rings is 2. The normalized spacial score (nSPS) is 12.0. The molecular weight excluding hydrogens is 509 g/mol. The van der Waals surface area contributed by atoms with Crippen molar-refractivity contribution >= 4 is 24.5 Å². The van der Waals surface area contributed by atoms with E-state index in [1.165, 1.54) is 12.1 Å². The molecule has 8 nitrogen and oxygen atoms in total. The predicted molar refractivity (Wildman–Crippen MR) is 146 cm³/mol. The highest BCUT2D eigenvalue weighted by molar-refractivity contribution is 7.80. The Labute approximate surface area is 227 Å². The van der Waals surface area contributed by atoms with E-state index in [1.54, 1.807) is 41.8 Å². The van der Waals surface area contributed by atoms with Crippen molar-refractivity contribution in [1.82, 2.24) is 14.9 Å². The molecule has 0 aliphatic carbocycles. The van der Waals surface area contributed by atoms with Gasteiger partial charge < -0.3 is 20.3 Å². The van der Waals surface area contributed by atoms with Crippen LogP contribution in [0.4, 0.5) is 4.39 Å². The van der Waals surface area contributed by atoms with Crippen LogP contribution in [0.1, 0.15) is 54.5 Å². The summed E-state index contributed by atoms with van der Waals surface area (Å²) in [7, 11) is 0. The minimum Gasteiger partial charge on any atom is -0.478 e. The number of imidazole rings is 1. The SMILES string of the molecule is CCOc1nc(CO)c(CNC(=O)C(CS)CC(C)C)n1Cc1ccc(-c2ccccc2C(=O)O)cc1F. The summed E-state index contributed by atoms with van der Waals surface area (Å²) in [6, 6.07) is 11.2. The minimum atomic E-state index is -1.10.